The van der Waals surface area contributed by atoms with Gasteiger partial charge in [-0.05, 0) is 13.0 Å². The van der Waals surface area contributed by atoms with Gasteiger partial charge in [0.25, 0.3) is 5.56 Å². The monoisotopic (exact) mass is 243 g/mol. The molecular weight excluding hydrogens is 230 g/mol. The van der Waals surface area contributed by atoms with Gasteiger partial charge in [-0.15, -0.1) is 17.7 Å². The van der Waals surface area contributed by atoms with Crippen molar-refractivity contribution in [3.05, 3.63) is 40.7 Å². The molecule has 1 aromatic carbocycles. The predicted octanol–water partition coefficient (Wildman–Crippen LogP) is 2.65. The average molecular weight is 243 g/mol. The van der Waals surface area contributed by atoms with Crippen LogP contribution in [-0.2, 0) is 7.05 Å². The molecule has 1 heterocycles. The number of aryl methyl sites for hydroxylation is 1. The van der Waals surface area contributed by atoms with E-state index in [9.17, 15) is 4.79 Å². The van der Waals surface area contributed by atoms with Gasteiger partial charge in [0.15, 0.2) is 0 Å². The Kier molecular flexibility index (Phi) is 3.55. The van der Waals surface area contributed by atoms with Crippen molar-refractivity contribution in [1.82, 2.24) is 4.57 Å². The molecule has 1 aromatic heterocycles. The third-order valence-corrected chi connectivity index (χ3v) is 3.53. The molecule has 0 unspecified atom stereocenters. The molecule has 0 aliphatic carbocycles. The summed E-state index contributed by atoms with van der Waals surface area (Å²) >= 11 is 1.61. The Hall–Kier alpha value is -1.66. The van der Waals surface area contributed by atoms with E-state index >= 15 is 0 Å². The van der Waals surface area contributed by atoms with Crippen molar-refractivity contribution in [1.29, 1.82) is 0 Å². The smallest absolute Gasteiger partial charge is 0.251 e. The summed E-state index contributed by atoms with van der Waals surface area (Å²) in [5.74, 6) is 6.57. The number of para-hydroxylation sites is 1. The summed E-state index contributed by atoms with van der Waals surface area (Å²) in [4.78, 5) is 12.8. The van der Waals surface area contributed by atoms with Crippen LogP contribution in [-0.4, -0.2) is 10.3 Å². The Morgan fingerprint density at radius 2 is 2.12 bits per heavy atom. The van der Waals surface area contributed by atoms with Crippen LogP contribution in [0.5, 0.6) is 0 Å². The number of hydrogen-bond donors (Lipinski definition) is 0. The zero-order valence-corrected chi connectivity index (χ0v) is 10.7. The van der Waals surface area contributed by atoms with E-state index in [2.05, 4.69) is 11.8 Å². The van der Waals surface area contributed by atoms with Gasteiger partial charge in [0, 0.05) is 23.4 Å². The lowest BCUT2D eigenvalue weighted by molar-refractivity contribution is 0.898. The minimum absolute atomic E-state index is 0.0238. The van der Waals surface area contributed by atoms with Gasteiger partial charge in [0.1, 0.15) is 0 Å². The third kappa shape index (κ3) is 2.37. The fourth-order valence-electron chi connectivity index (χ4n) is 1.69. The zero-order valence-electron chi connectivity index (χ0n) is 9.86. The van der Waals surface area contributed by atoms with Crippen molar-refractivity contribution in [2.24, 2.45) is 7.05 Å². The second-order valence-corrected chi connectivity index (χ2v) is 4.66. The van der Waals surface area contributed by atoms with E-state index in [1.165, 1.54) is 0 Å². The molecule has 0 fully saturated rings. The third-order valence-electron chi connectivity index (χ3n) is 2.59. The Morgan fingerprint density at radius 3 is 2.88 bits per heavy atom. The van der Waals surface area contributed by atoms with E-state index in [0.29, 0.717) is 5.75 Å². The molecular formula is C14H13NOS. The van der Waals surface area contributed by atoms with Gasteiger partial charge < -0.3 is 4.57 Å². The van der Waals surface area contributed by atoms with Gasteiger partial charge in [-0.1, -0.05) is 24.1 Å². The molecule has 2 rings (SSSR count). The zero-order chi connectivity index (χ0) is 12.3. The number of aromatic nitrogens is 1. The van der Waals surface area contributed by atoms with E-state index in [-0.39, 0.29) is 5.56 Å². The van der Waals surface area contributed by atoms with E-state index < -0.39 is 0 Å². The van der Waals surface area contributed by atoms with Crippen LogP contribution in [0.2, 0.25) is 0 Å². The summed E-state index contributed by atoms with van der Waals surface area (Å²) < 4.78 is 1.67. The highest BCUT2D eigenvalue weighted by Crippen LogP contribution is 2.25. The van der Waals surface area contributed by atoms with Crippen molar-refractivity contribution in [3.8, 4) is 11.8 Å². The highest BCUT2D eigenvalue weighted by Gasteiger charge is 2.05. The number of pyridine rings is 1. The quantitative estimate of drug-likeness (QED) is 0.597. The van der Waals surface area contributed by atoms with Crippen LogP contribution in [0.3, 0.4) is 0 Å². The Morgan fingerprint density at radius 1 is 1.35 bits per heavy atom. The second-order valence-electron chi connectivity index (χ2n) is 3.64. The van der Waals surface area contributed by atoms with Gasteiger partial charge in [0.2, 0.25) is 0 Å². The first kappa shape index (κ1) is 11.8. The molecule has 0 atom stereocenters. The maximum atomic E-state index is 11.8. The number of hydrogen-bond acceptors (Lipinski definition) is 2. The fraction of sp³-hybridized carbons (Fsp3) is 0.214. The molecule has 86 valence electrons. The van der Waals surface area contributed by atoms with Crippen LogP contribution in [0.15, 0.2) is 40.0 Å². The van der Waals surface area contributed by atoms with Crippen LogP contribution in [0.25, 0.3) is 10.9 Å². The van der Waals surface area contributed by atoms with E-state index in [1.807, 2.05) is 31.2 Å². The minimum atomic E-state index is 0.0238. The van der Waals surface area contributed by atoms with E-state index in [1.54, 1.807) is 29.4 Å². The molecule has 0 N–H and O–H groups in total. The number of thioether (sulfide) groups is 1. The topological polar surface area (TPSA) is 22.0 Å². The first-order valence-electron chi connectivity index (χ1n) is 5.35. The molecule has 3 heteroatoms. The number of rotatable bonds is 2. The molecule has 0 amide bonds. The Labute approximate surface area is 105 Å². The molecule has 2 aromatic rings. The van der Waals surface area contributed by atoms with Crippen molar-refractivity contribution < 1.29 is 0 Å². The number of nitrogens with zero attached hydrogens (tertiary/aromatic N) is 1. The van der Waals surface area contributed by atoms with Crippen LogP contribution >= 0.6 is 11.8 Å². The van der Waals surface area contributed by atoms with Crippen LogP contribution in [0, 0.1) is 11.8 Å². The number of benzene rings is 1. The van der Waals surface area contributed by atoms with Gasteiger partial charge in [-0.2, -0.15) is 0 Å². The second kappa shape index (κ2) is 5.11. The van der Waals surface area contributed by atoms with Crippen molar-refractivity contribution in [2.75, 3.05) is 5.75 Å². The molecule has 17 heavy (non-hydrogen) atoms. The highest BCUT2D eigenvalue weighted by molar-refractivity contribution is 7.99. The molecule has 0 saturated carbocycles. The van der Waals surface area contributed by atoms with Crippen molar-refractivity contribution >= 4 is 22.7 Å². The molecule has 0 spiro atoms. The SMILES string of the molecule is CC#CCSc1cc(=O)n(C)c2ccccc12. The Bertz CT molecular complexity index is 661. The summed E-state index contributed by atoms with van der Waals surface area (Å²) in [6.07, 6.45) is 0. The van der Waals surface area contributed by atoms with Crippen molar-refractivity contribution in [2.45, 2.75) is 11.8 Å². The lowest BCUT2D eigenvalue weighted by atomic mass is 10.2. The molecule has 0 radical (unpaired) electrons. The summed E-state index contributed by atoms with van der Waals surface area (Å²) in [6.45, 7) is 1.82. The highest BCUT2D eigenvalue weighted by atomic mass is 32.2. The maximum absolute atomic E-state index is 11.8. The normalized spacial score (nSPS) is 10.0. The number of fused-ring (bicyclic) bond motifs is 1. The van der Waals surface area contributed by atoms with E-state index in [4.69, 9.17) is 0 Å². The molecule has 0 aliphatic rings. The Balaban J connectivity index is 2.58. The predicted molar refractivity (Wildman–Crippen MR) is 73.4 cm³/mol. The van der Waals surface area contributed by atoms with Gasteiger partial charge in [-0.25, -0.2) is 0 Å². The van der Waals surface area contributed by atoms with Crippen molar-refractivity contribution in [3.63, 3.8) is 0 Å². The molecule has 0 bridgehead atoms. The molecule has 0 aliphatic heterocycles. The first-order valence-corrected chi connectivity index (χ1v) is 6.34. The van der Waals surface area contributed by atoms with Crippen LogP contribution < -0.4 is 5.56 Å². The van der Waals surface area contributed by atoms with Crippen LogP contribution in [0.1, 0.15) is 6.92 Å². The standard InChI is InChI=1S/C14H13NOS/c1-3-4-9-17-13-10-14(16)15(2)12-8-6-5-7-11(12)13/h5-8,10H,9H2,1-2H3. The minimum Gasteiger partial charge on any atom is -0.311 e. The van der Waals surface area contributed by atoms with Gasteiger partial charge in [-0.3, -0.25) is 4.79 Å². The van der Waals surface area contributed by atoms with Gasteiger partial charge in [0.05, 0.1) is 11.3 Å². The van der Waals surface area contributed by atoms with Gasteiger partial charge >= 0.3 is 0 Å². The largest absolute Gasteiger partial charge is 0.311 e. The van der Waals surface area contributed by atoms with Crippen LogP contribution in [0.4, 0.5) is 0 Å². The molecule has 2 nitrogen and oxygen atoms in total. The summed E-state index contributed by atoms with van der Waals surface area (Å²) in [6, 6.07) is 9.62. The molecule has 0 saturated heterocycles. The summed E-state index contributed by atoms with van der Waals surface area (Å²) in [5.41, 5.74) is 0.989. The van der Waals surface area contributed by atoms with E-state index in [0.717, 1.165) is 15.8 Å². The lowest BCUT2D eigenvalue weighted by Crippen LogP contribution is -2.16. The summed E-state index contributed by atoms with van der Waals surface area (Å²) in [5, 5.41) is 1.11. The summed E-state index contributed by atoms with van der Waals surface area (Å²) in [7, 11) is 1.80. The lowest BCUT2D eigenvalue weighted by Gasteiger charge is -2.08. The maximum Gasteiger partial charge on any atom is 0.251 e. The average Bonchev–Trinajstić information content (AvgIpc) is 2.36. The first-order chi connectivity index (χ1) is 8.24. The fourth-order valence-corrected chi connectivity index (χ4v) is 2.57.